The van der Waals surface area contributed by atoms with Crippen LogP contribution in [0, 0.1) is 0 Å². The van der Waals surface area contributed by atoms with Crippen molar-refractivity contribution < 1.29 is 23.7 Å². The van der Waals surface area contributed by atoms with Gasteiger partial charge in [-0.15, -0.1) is 0 Å². The van der Waals surface area contributed by atoms with Crippen LogP contribution in [-0.2, 0) is 32.6 Å². The van der Waals surface area contributed by atoms with Crippen LogP contribution in [0.15, 0.2) is 59.4 Å². The minimum absolute atomic E-state index is 0.113. The van der Waals surface area contributed by atoms with E-state index in [4.69, 9.17) is 23.7 Å². The Balaban J connectivity index is 1.67. The molecule has 0 spiro atoms. The van der Waals surface area contributed by atoms with Crippen molar-refractivity contribution >= 4 is 0 Å². The van der Waals surface area contributed by atoms with E-state index in [0.717, 1.165) is 24.8 Å². The topological polar surface area (TPSA) is 68.2 Å². The quantitative estimate of drug-likeness (QED) is 0.711. The molecular weight excluding hydrogens is 374 g/mol. The Labute approximate surface area is 169 Å². The van der Waals surface area contributed by atoms with Crippen molar-refractivity contribution in [1.82, 2.24) is 4.57 Å². The van der Waals surface area contributed by atoms with Crippen LogP contribution < -0.4 is 10.2 Å². The first-order chi connectivity index (χ1) is 14.2. The van der Waals surface area contributed by atoms with Crippen LogP contribution in [0.25, 0.3) is 0 Å². The van der Waals surface area contributed by atoms with Crippen LogP contribution in [0.3, 0.4) is 0 Å². The molecular formula is C22H25NO6. The fourth-order valence-electron chi connectivity index (χ4n) is 3.43. The smallest absolute Gasteiger partial charge is 0.230 e. The fraction of sp³-hybridized carbons (Fsp3) is 0.409. The third-order valence-corrected chi connectivity index (χ3v) is 4.94. The molecule has 0 saturated carbocycles. The maximum Gasteiger partial charge on any atom is 0.230 e. The fourth-order valence-corrected chi connectivity index (χ4v) is 3.43. The van der Waals surface area contributed by atoms with Gasteiger partial charge in [-0.1, -0.05) is 30.3 Å². The maximum atomic E-state index is 12.7. The summed E-state index contributed by atoms with van der Waals surface area (Å²) in [6.07, 6.45) is 4.99. The van der Waals surface area contributed by atoms with Crippen LogP contribution in [0.1, 0.15) is 36.6 Å². The molecule has 1 aromatic heterocycles. The highest BCUT2D eigenvalue weighted by Gasteiger charge is 2.32. The number of benzene rings is 1. The van der Waals surface area contributed by atoms with E-state index >= 15 is 0 Å². The summed E-state index contributed by atoms with van der Waals surface area (Å²) in [6.45, 7) is 1.04. The Hall–Kier alpha value is -2.77. The Bertz CT molecular complexity index is 901. The summed E-state index contributed by atoms with van der Waals surface area (Å²) < 4.78 is 30.7. The second kappa shape index (κ2) is 9.15. The molecule has 0 aliphatic carbocycles. The summed E-state index contributed by atoms with van der Waals surface area (Å²) in [5.41, 5.74) is 1.32. The van der Waals surface area contributed by atoms with E-state index in [9.17, 15) is 4.79 Å². The summed E-state index contributed by atoms with van der Waals surface area (Å²) >= 11 is 0. The first kappa shape index (κ1) is 19.5. The molecule has 0 N–H and O–H groups in total. The molecule has 154 valence electrons. The lowest BCUT2D eigenvalue weighted by molar-refractivity contribution is -0.190. The van der Waals surface area contributed by atoms with E-state index in [1.165, 1.54) is 12.3 Å². The summed E-state index contributed by atoms with van der Waals surface area (Å²) in [5, 5.41) is 0. The zero-order valence-electron chi connectivity index (χ0n) is 16.4. The van der Waals surface area contributed by atoms with Crippen molar-refractivity contribution in [3.8, 4) is 5.75 Å². The van der Waals surface area contributed by atoms with Crippen LogP contribution in [0.5, 0.6) is 5.75 Å². The molecule has 2 atom stereocenters. The zero-order chi connectivity index (χ0) is 20.1. The van der Waals surface area contributed by atoms with E-state index in [1.54, 1.807) is 6.20 Å². The van der Waals surface area contributed by atoms with E-state index in [2.05, 4.69) is 0 Å². The molecule has 1 saturated heterocycles. The normalized spacial score (nSPS) is 19.8. The number of hydrogen-bond donors (Lipinski definition) is 0. The van der Waals surface area contributed by atoms with Crippen molar-refractivity contribution in [2.75, 3.05) is 13.4 Å². The summed E-state index contributed by atoms with van der Waals surface area (Å²) in [4.78, 5) is 12.7. The van der Waals surface area contributed by atoms with Crippen molar-refractivity contribution in [3.63, 3.8) is 0 Å². The summed E-state index contributed by atoms with van der Waals surface area (Å²) in [7, 11) is 1.85. The third-order valence-electron chi connectivity index (χ3n) is 4.94. The molecule has 0 bridgehead atoms. The second-order valence-corrected chi connectivity index (χ2v) is 7.04. The molecule has 2 aliphatic heterocycles. The number of aryl methyl sites for hydroxylation is 1. The Morgan fingerprint density at radius 1 is 1.21 bits per heavy atom. The van der Waals surface area contributed by atoms with Crippen LogP contribution in [-0.4, -0.2) is 24.3 Å². The van der Waals surface area contributed by atoms with Gasteiger partial charge < -0.3 is 28.3 Å². The first-order valence-electron chi connectivity index (χ1n) is 9.80. The molecule has 1 fully saturated rings. The molecule has 7 nitrogen and oxygen atoms in total. The standard InChI is InChI=1S/C22H25NO6/c1-23-11-10-17(24)21(27-13-16-7-3-2-4-8-16)20(23)22(18-14-25-15-28-18)29-19-9-5-6-12-26-19/h2-4,7-8,10-11,14,19,22H,5-6,9,12-13,15H2,1H3. The SMILES string of the molecule is Cn1ccc(=O)c(OCc2ccccc2)c1C(OC1CCCCO1)C1=COCO1. The minimum Gasteiger partial charge on any atom is -0.483 e. The number of pyridine rings is 1. The average Bonchev–Trinajstić information content (AvgIpc) is 3.29. The van der Waals surface area contributed by atoms with Crippen molar-refractivity contribution in [2.45, 2.75) is 38.3 Å². The predicted octanol–water partition coefficient (Wildman–Crippen LogP) is 3.39. The highest BCUT2D eigenvalue weighted by Crippen LogP contribution is 2.35. The number of nitrogens with zero attached hydrogens (tertiary/aromatic N) is 1. The lowest BCUT2D eigenvalue weighted by Gasteiger charge is -2.29. The van der Waals surface area contributed by atoms with E-state index in [-0.39, 0.29) is 30.9 Å². The monoisotopic (exact) mass is 399 g/mol. The van der Waals surface area contributed by atoms with Gasteiger partial charge in [0.25, 0.3) is 0 Å². The largest absolute Gasteiger partial charge is 0.483 e. The van der Waals surface area contributed by atoms with Gasteiger partial charge in [0.15, 0.2) is 23.9 Å². The highest BCUT2D eigenvalue weighted by atomic mass is 16.7. The molecule has 0 amide bonds. The van der Waals surface area contributed by atoms with E-state index < -0.39 is 6.10 Å². The van der Waals surface area contributed by atoms with E-state index in [0.29, 0.717) is 18.1 Å². The number of ether oxygens (including phenoxy) is 5. The van der Waals surface area contributed by atoms with Crippen LogP contribution in [0.4, 0.5) is 0 Å². The molecule has 0 radical (unpaired) electrons. The summed E-state index contributed by atoms with van der Waals surface area (Å²) in [6, 6.07) is 11.2. The van der Waals surface area contributed by atoms with Gasteiger partial charge in [0.1, 0.15) is 18.6 Å². The van der Waals surface area contributed by atoms with Crippen molar-refractivity contribution in [1.29, 1.82) is 0 Å². The van der Waals surface area contributed by atoms with Crippen molar-refractivity contribution in [2.24, 2.45) is 7.05 Å². The Morgan fingerprint density at radius 2 is 2.07 bits per heavy atom. The highest BCUT2D eigenvalue weighted by molar-refractivity contribution is 5.34. The van der Waals surface area contributed by atoms with Crippen molar-refractivity contribution in [3.05, 3.63) is 76.1 Å². The lowest BCUT2D eigenvalue weighted by atomic mass is 10.1. The Morgan fingerprint density at radius 3 is 2.79 bits per heavy atom. The van der Waals surface area contributed by atoms with Gasteiger partial charge in [-0.3, -0.25) is 4.79 Å². The third kappa shape index (κ3) is 4.63. The lowest BCUT2D eigenvalue weighted by Crippen LogP contribution is -2.28. The molecule has 29 heavy (non-hydrogen) atoms. The van der Waals surface area contributed by atoms with Gasteiger partial charge in [-0.2, -0.15) is 0 Å². The number of aromatic nitrogens is 1. The van der Waals surface area contributed by atoms with Gasteiger partial charge in [-0.05, 0) is 24.8 Å². The van der Waals surface area contributed by atoms with Gasteiger partial charge in [0, 0.05) is 25.9 Å². The molecule has 4 rings (SSSR count). The van der Waals surface area contributed by atoms with Crippen LogP contribution in [0.2, 0.25) is 0 Å². The first-order valence-corrected chi connectivity index (χ1v) is 9.80. The molecule has 3 heterocycles. The molecule has 7 heteroatoms. The molecule has 2 unspecified atom stereocenters. The second-order valence-electron chi connectivity index (χ2n) is 7.04. The molecule has 1 aromatic carbocycles. The number of hydrogen-bond acceptors (Lipinski definition) is 6. The molecule has 2 aliphatic rings. The summed E-state index contributed by atoms with van der Waals surface area (Å²) in [5.74, 6) is 0.723. The van der Waals surface area contributed by atoms with Gasteiger partial charge in [0.2, 0.25) is 12.2 Å². The van der Waals surface area contributed by atoms with Gasteiger partial charge in [-0.25, -0.2) is 0 Å². The Kier molecular flexibility index (Phi) is 6.17. The van der Waals surface area contributed by atoms with Gasteiger partial charge >= 0.3 is 0 Å². The van der Waals surface area contributed by atoms with Gasteiger partial charge in [0.05, 0.1) is 0 Å². The average molecular weight is 399 g/mol. The van der Waals surface area contributed by atoms with E-state index in [1.807, 2.05) is 41.9 Å². The maximum absolute atomic E-state index is 12.7. The van der Waals surface area contributed by atoms with Crippen LogP contribution >= 0.6 is 0 Å². The minimum atomic E-state index is -0.676. The predicted molar refractivity (Wildman–Crippen MR) is 105 cm³/mol. The molecule has 2 aromatic rings. The number of rotatable bonds is 7. The zero-order valence-corrected chi connectivity index (χ0v) is 16.4.